The molecule has 0 aromatic rings. The maximum absolute atomic E-state index is 9.49. The van der Waals surface area contributed by atoms with E-state index in [0.29, 0.717) is 0 Å². The summed E-state index contributed by atoms with van der Waals surface area (Å²) in [6, 6.07) is 0. The molecule has 0 aromatic carbocycles. The monoisotopic (exact) mass is 154 g/mol. The van der Waals surface area contributed by atoms with Crippen LogP contribution in [0.1, 0.15) is 33.6 Å². The molecular weight excluding hydrogens is 136 g/mol. The lowest BCUT2D eigenvalue weighted by molar-refractivity contribution is 0.103. The van der Waals surface area contributed by atoms with Crippen LogP contribution in [-0.2, 0) is 0 Å². The Kier molecular flexibility index (Phi) is 4.12. The third kappa shape index (κ3) is 5.86. The van der Waals surface area contributed by atoms with Crippen LogP contribution in [-0.4, -0.2) is 10.7 Å². The van der Waals surface area contributed by atoms with Gasteiger partial charge in [0.1, 0.15) is 0 Å². The van der Waals surface area contributed by atoms with Gasteiger partial charge in [0.2, 0.25) is 0 Å². The molecule has 0 aliphatic rings. The first-order valence-electron chi connectivity index (χ1n) is 3.97. The van der Waals surface area contributed by atoms with Gasteiger partial charge in [-0.3, -0.25) is 0 Å². The smallest absolute Gasteiger partial charge is 0.0800 e. The van der Waals surface area contributed by atoms with Gasteiger partial charge in [-0.05, 0) is 33.6 Å². The van der Waals surface area contributed by atoms with Gasteiger partial charge in [0.25, 0.3) is 0 Å². The normalized spacial score (nSPS) is 15.3. The number of rotatable bonds is 4. The molecule has 0 spiro atoms. The Morgan fingerprint density at radius 3 is 2.45 bits per heavy atom. The third-order valence-corrected chi connectivity index (χ3v) is 1.64. The molecule has 0 aromatic heterocycles. The van der Waals surface area contributed by atoms with E-state index in [0.717, 1.165) is 12.8 Å². The first kappa shape index (κ1) is 10.4. The van der Waals surface area contributed by atoms with Gasteiger partial charge < -0.3 is 5.11 Å². The van der Waals surface area contributed by atoms with E-state index >= 15 is 0 Å². The SMILES string of the molecule is C=C[C@](C)(O)CCC=C(C)C. The lowest BCUT2D eigenvalue weighted by Gasteiger charge is -2.16. The molecule has 1 atom stereocenters. The summed E-state index contributed by atoms with van der Waals surface area (Å²) in [5.74, 6) is 0. The molecule has 0 amide bonds. The summed E-state index contributed by atoms with van der Waals surface area (Å²) in [6.07, 6.45) is 5.38. The molecule has 1 nitrogen and oxygen atoms in total. The summed E-state index contributed by atoms with van der Waals surface area (Å²) in [5.41, 5.74) is 0.594. The van der Waals surface area contributed by atoms with Gasteiger partial charge in [-0.2, -0.15) is 0 Å². The minimum absolute atomic E-state index is 0.702. The second kappa shape index (κ2) is 4.35. The van der Waals surface area contributed by atoms with E-state index in [1.165, 1.54) is 5.57 Å². The quantitative estimate of drug-likeness (QED) is 0.617. The Hall–Kier alpha value is -0.560. The van der Waals surface area contributed by atoms with Gasteiger partial charge >= 0.3 is 0 Å². The van der Waals surface area contributed by atoms with Crippen molar-refractivity contribution in [3.05, 3.63) is 24.3 Å². The Labute approximate surface area is 69.4 Å². The van der Waals surface area contributed by atoms with Crippen molar-refractivity contribution in [2.75, 3.05) is 0 Å². The predicted molar refractivity (Wildman–Crippen MR) is 49.5 cm³/mol. The lowest BCUT2D eigenvalue weighted by Crippen LogP contribution is -2.19. The molecule has 0 aliphatic carbocycles. The molecule has 0 bridgehead atoms. The number of allylic oxidation sites excluding steroid dienone is 2. The molecule has 0 unspecified atom stereocenters. The van der Waals surface area contributed by atoms with Crippen molar-refractivity contribution in [3.63, 3.8) is 0 Å². The van der Waals surface area contributed by atoms with Gasteiger partial charge in [-0.25, -0.2) is 0 Å². The van der Waals surface area contributed by atoms with Crippen molar-refractivity contribution in [1.82, 2.24) is 0 Å². The molecule has 0 radical (unpaired) electrons. The zero-order chi connectivity index (χ0) is 8.91. The summed E-state index contributed by atoms with van der Waals surface area (Å²) < 4.78 is 0. The van der Waals surface area contributed by atoms with E-state index in [2.05, 4.69) is 26.5 Å². The largest absolute Gasteiger partial charge is 0.386 e. The van der Waals surface area contributed by atoms with Gasteiger partial charge in [0.15, 0.2) is 0 Å². The Morgan fingerprint density at radius 2 is 2.09 bits per heavy atom. The van der Waals surface area contributed by atoms with Crippen LogP contribution >= 0.6 is 0 Å². The highest BCUT2D eigenvalue weighted by atomic mass is 16.3. The molecule has 64 valence electrons. The zero-order valence-corrected chi connectivity index (χ0v) is 7.72. The molecule has 11 heavy (non-hydrogen) atoms. The van der Waals surface area contributed by atoms with Crippen LogP contribution in [0, 0.1) is 0 Å². The number of hydrogen-bond acceptors (Lipinski definition) is 1. The summed E-state index contributed by atoms with van der Waals surface area (Å²) in [5, 5.41) is 9.49. The highest BCUT2D eigenvalue weighted by Gasteiger charge is 2.12. The average Bonchev–Trinajstić information content (AvgIpc) is 1.87. The minimum atomic E-state index is -0.702. The van der Waals surface area contributed by atoms with Crippen molar-refractivity contribution in [2.45, 2.75) is 39.2 Å². The lowest BCUT2D eigenvalue weighted by atomic mass is 10.00. The first-order chi connectivity index (χ1) is 4.98. The van der Waals surface area contributed by atoms with Crippen LogP contribution in [0.15, 0.2) is 24.3 Å². The first-order valence-corrected chi connectivity index (χ1v) is 3.97. The van der Waals surface area contributed by atoms with Crippen molar-refractivity contribution in [1.29, 1.82) is 0 Å². The highest BCUT2D eigenvalue weighted by molar-refractivity contribution is 4.97. The molecule has 0 saturated carbocycles. The van der Waals surface area contributed by atoms with E-state index in [1.54, 1.807) is 13.0 Å². The number of hydrogen-bond donors (Lipinski definition) is 1. The molecule has 0 heterocycles. The van der Waals surface area contributed by atoms with Crippen LogP contribution in [0.3, 0.4) is 0 Å². The molecule has 0 rings (SSSR count). The van der Waals surface area contributed by atoms with E-state index in [4.69, 9.17) is 0 Å². The van der Waals surface area contributed by atoms with Gasteiger partial charge in [0, 0.05) is 0 Å². The van der Waals surface area contributed by atoms with Crippen molar-refractivity contribution in [3.8, 4) is 0 Å². The minimum Gasteiger partial charge on any atom is -0.386 e. The van der Waals surface area contributed by atoms with E-state index < -0.39 is 5.60 Å². The zero-order valence-electron chi connectivity index (χ0n) is 7.72. The molecule has 1 heteroatoms. The van der Waals surface area contributed by atoms with Crippen molar-refractivity contribution in [2.24, 2.45) is 0 Å². The fraction of sp³-hybridized carbons (Fsp3) is 0.600. The Balaban J connectivity index is 3.71. The summed E-state index contributed by atoms with van der Waals surface area (Å²) in [4.78, 5) is 0. The molecule has 0 aliphatic heterocycles. The number of aliphatic hydroxyl groups is 1. The summed E-state index contributed by atoms with van der Waals surface area (Å²) in [7, 11) is 0. The molecule has 0 fully saturated rings. The Morgan fingerprint density at radius 1 is 1.55 bits per heavy atom. The standard InChI is InChI=1S/C10H18O/c1-5-10(4,11)8-6-7-9(2)3/h5,7,11H,1,6,8H2,2-4H3/t10-/m0/s1. The highest BCUT2D eigenvalue weighted by Crippen LogP contribution is 2.13. The average molecular weight is 154 g/mol. The summed E-state index contributed by atoms with van der Waals surface area (Å²) in [6.45, 7) is 9.45. The van der Waals surface area contributed by atoms with Crippen LogP contribution in [0.2, 0.25) is 0 Å². The van der Waals surface area contributed by atoms with E-state index in [-0.39, 0.29) is 0 Å². The fourth-order valence-electron chi connectivity index (χ4n) is 0.755. The molecule has 0 saturated heterocycles. The molecule has 1 N–H and O–H groups in total. The molecular formula is C10H18O. The third-order valence-electron chi connectivity index (χ3n) is 1.64. The van der Waals surface area contributed by atoms with Crippen molar-refractivity contribution < 1.29 is 5.11 Å². The topological polar surface area (TPSA) is 20.2 Å². The van der Waals surface area contributed by atoms with Crippen LogP contribution in [0.4, 0.5) is 0 Å². The van der Waals surface area contributed by atoms with Crippen LogP contribution < -0.4 is 0 Å². The van der Waals surface area contributed by atoms with Gasteiger partial charge in [-0.15, -0.1) is 6.58 Å². The van der Waals surface area contributed by atoms with Crippen LogP contribution in [0.5, 0.6) is 0 Å². The van der Waals surface area contributed by atoms with Crippen molar-refractivity contribution >= 4 is 0 Å². The Bertz CT molecular complexity index is 150. The van der Waals surface area contributed by atoms with Gasteiger partial charge in [-0.1, -0.05) is 17.7 Å². The maximum Gasteiger partial charge on any atom is 0.0800 e. The second-order valence-corrected chi connectivity index (χ2v) is 3.38. The maximum atomic E-state index is 9.49. The van der Waals surface area contributed by atoms with E-state index in [9.17, 15) is 5.11 Å². The second-order valence-electron chi connectivity index (χ2n) is 3.38. The van der Waals surface area contributed by atoms with Gasteiger partial charge in [0.05, 0.1) is 5.60 Å². The summed E-state index contributed by atoms with van der Waals surface area (Å²) >= 11 is 0. The van der Waals surface area contributed by atoms with Crippen LogP contribution in [0.25, 0.3) is 0 Å². The van der Waals surface area contributed by atoms with E-state index in [1.807, 2.05) is 0 Å². The fourth-order valence-corrected chi connectivity index (χ4v) is 0.755. The predicted octanol–water partition coefficient (Wildman–Crippen LogP) is 2.67.